The zero-order chi connectivity index (χ0) is 9.97. The Morgan fingerprint density at radius 1 is 1.43 bits per heavy atom. The van der Waals surface area contributed by atoms with Crippen LogP contribution in [0.25, 0.3) is 0 Å². The first-order chi connectivity index (χ1) is 6.81. The van der Waals surface area contributed by atoms with E-state index in [4.69, 9.17) is 4.74 Å². The first-order valence-corrected chi connectivity index (χ1v) is 5.71. The molecule has 0 radical (unpaired) electrons. The first-order valence-electron chi connectivity index (χ1n) is 5.71. The van der Waals surface area contributed by atoms with Crippen LogP contribution in [-0.4, -0.2) is 25.2 Å². The zero-order valence-corrected chi connectivity index (χ0v) is 8.79. The molecule has 0 bridgehead atoms. The molecule has 2 aliphatic rings. The van der Waals surface area contributed by atoms with Gasteiger partial charge in [0.05, 0.1) is 12.5 Å². The van der Waals surface area contributed by atoms with Crippen molar-refractivity contribution in [1.29, 1.82) is 0 Å². The lowest BCUT2D eigenvalue weighted by Crippen LogP contribution is -2.35. The Morgan fingerprint density at radius 3 is 3.07 bits per heavy atom. The molecule has 2 fully saturated rings. The summed E-state index contributed by atoms with van der Waals surface area (Å²) in [5.74, 6) is 0.923. The van der Waals surface area contributed by atoms with Gasteiger partial charge in [0, 0.05) is 6.04 Å². The SMILES string of the molecule is CCOC(=O)[C@@H]1CC[C@@H]2NCC[C@@H]2C1. The average molecular weight is 197 g/mol. The fraction of sp³-hybridized carbons (Fsp3) is 0.909. The van der Waals surface area contributed by atoms with Gasteiger partial charge < -0.3 is 10.1 Å². The number of esters is 1. The van der Waals surface area contributed by atoms with Crippen molar-refractivity contribution in [3.63, 3.8) is 0 Å². The van der Waals surface area contributed by atoms with Crippen LogP contribution in [0.5, 0.6) is 0 Å². The molecule has 1 heterocycles. The number of carbonyl (C=O) groups excluding carboxylic acids is 1. The third-order valence-corrected chi connectivity index (χ3v) is 3.52. The number of carbonyl (C=O) groups is 1. The molecule has 3 nitrogen and oxygen atoms in total. The number of hydrogen-bond donors (Lipinski definition) is 1. The third kappa shape index (κ3) is 1.92. The second-order valence-corrected chi connectivity index (χ2v) is 4.37. The summed E-state index contributed by atoms with van der Waals surface area (Å²) < 4.78 is 5.07. The largest absolute Gasteiger partial charge is 0.466 e. The van der Waals surface area contributed by atoms with Crippen LogP contribution < -0.4 is 5.32 Å². The minimum atomic E-state index is 0.0258. The lowest BCUT2D eigenvalue weighted by molar-refractivity contribution is -0.149. The molecule has 0 spiro atoms. The van der Waals surface area contributed by atoms with E-state index in [1.54, 1.807) is 0 Å². The highest BCUT2D eigenvalue weighted by Gasteiger charge is 2.36. The summed E-state index contributed by atoms with van der Waals surface area (Å²) in [6.07, 6.45) is 4.43. The van der Waals surface area contributed by atoms with Crippen molar-refractivity contribution < 1.29 is 9.53 Å². The highest BCUT2D eigenvalue weighted by Crippen LogP contribution is 2.34. The molecule has 0 aromatic rings. The number of rotatable bonds is 2. The molecule has 3 atom stereocenters. The number of hydrogen-bond acceptors (Lipinski definition) is 3. The maximum absolute atomic E-state index is 11.5. The van der Waals surface area contributed by atoms with Gasteiger partial charge >= 0.3 is 5.97 Å². The number of fused-ring (bicyclic) bond motifs is 1. The molecular weight excluding hydrogens is 178 g/mol. The van der Waals surface area contributed by atoms with Gasteiger partial charge in [0.2, 0.25) is 0 Å². The molecule has 1 aliphatic heterocycles. The van der Waals surface area contributed by atoms with Crippen LogP contribution in [0.4, 0.5) is 0 Å². The van der Waals surface area contributed by atoms with Crippen molar-refractivity contribution in [2.75, 3.05) is 13.2 Å². The number of ether oxygens (including phenoxy) is 1. The lowest BCUT2D eigenvalue weighted by Gasteiger charge is -2.30. The predicted octanol–water partition coefficient (Wildman–Crippen LogP) is 1.33. The molecule has 80 valence electrons. The van der Waals surface area contributed by atoms with Crippen molar-refractivity contribution in [2.45, 2.75) is 38.6 Å². The molecule has 1 N–H and O–H groups in total. The van der Waals surface area contributed by atoms with E-state index in [0.717, 1.165) is 31.7 Å². The Morgan fingerprint density at radius 2 is 2.29 bits per heavy atom. The van der Waals surface area contributed by atoms with Gasteiger partial charge in [-0.2, -0.15) is 0 Å². The summed E-state index contributed by atoms with van der Waals surface area (Å²) in [6, 6.07) is 0.681. The van der Waals surface area contributed by atoms with Crippen LogP contribution in [0.15, 0.2) is 0 Å². The van der Waals surface area contributed by atoms with E-state index in [1.807, 2.05) is 6.92 Å². The van der Waals surface area contributed by atoms with Gasteiger partial charge in [0.25, 0.3) is 0 Å². The van der Waals surface area contributed by atoms with Crippen LogP contribution in [0.1, 0.15) is 32.6 Å². The minimum Gasteiger partial charge on any atom is -0.466 e. The summed E-state index contributed by atoms with van der Waals surface area (Å²) in [6.45, 7) is 3.52. The van der Waals surface area contributed by atoms with E-state index in [2.05, 4.69) is 5.32 Å². The molecule has 1 saturated carbocycles. The van der Waals surface area contributed by atoms with E-state index in [1.165, 1.54) is 6.42 Å². The highest BCUT2D eigenvalue weighted by atomic mass is 16.5. The molecule has 0 aromatic carbocycles. The van der Waals surface area contributed by atoms with Crippen LogP contribution >= 0.6 is 0 Å². The summed E-state index contributed by atoms with van der Waals surface area (Å²) in [4.78, 5) is 11.5. The number of nitrogens with one attached hydrogen (secondary N) is 1. The second-order valence-electron chi connectivity index (χ2n) is 4.37. The van der Waals surface area contributed by atoms with Gasteiger partial charge in [0.1, 0.15) is 0 Å². The van der Waals surface area contributed by atoms with Crippen molar-refractivity contribution in [2.24, 2.45) is 11.8 Å². The van der Waals surface area contributed by atoms with Crippen LogP contribution in [-0.2, 0) is 9.53 Å². The molecule has 0 unspecified atom stereocenters. The van der Waals surface area contributed by atoms with E-state index in [0.29, 0.717) is 12.6 Å². The molecular formula is C11H19NO2. The lowest BCUT2D eigenvalue weighted by atomic mass is 9.78. The Balaban J connectivity index is 1.87. The minimum absolute atomic E-state index is 0.0258. The van der Waals surface area contributed by atoms with Gasteiger partial charge in [-0.3, -0.25) is 4.79 Å². The second kappa shape index (κ2) is 4.30. The Kier molecular flexibility index (Phi) is 3.06. The van der Waals surface area contributed by atoms with E-state index in [-0.39, 0.29) is 11.9 Å². The van der Waals surface area contributed by atoms with Gasteiger partial charge in [-0.25, -0.2) is 0 Å². The van der Waals surface area contributed by atoms with Crippen molar-refractivity contribution in [3.05, 3.63) is 0 Å². The summed E-state index contributed by atoms with van der Waals surface area (Å²) in [7, 11) is 0. The standard InChI is InChI=1S/C11H19NO2/c1-2-14-11(13)9-3-4-10-8(7-9)5-6-12-10/h8-10,12H,2-7H2,1H3/t8-,9-,10+/m1/s1. The van der Waals surface area contributed by atoms with E-state index < -0.39 is 0 Å². The van der Waals surface area contributed by atoms with Gasteiger partial charge in [0.15, 0.2) is 0 Å². The van der Waals surface area contributed by atoms with E-state index in [9.17, 15) is 4.79 Å². The van der Waals surface area contributed by atoms with Gasteiger partial charge in [-0.05, 0) is 45.1 Å². The summed E-state index contributed by atoms with van der Waals surface area (Å²) in [5, 5.41) is 3.50. The Hall–Kier alpha value is -0.570. The molecule has 1 aliphatic carbocycles. The third-order valence-electron chi connectivity index (χ3n) is 3.52. The maximum atomic E-state index is 11.5. The molecule has 1 saturated heterocycles. The topological polar surface area (TPSA) is 38.3 Å². The molecule has 14 heavy (non-hydrogen) atoms. The van der Waals surface area contributed by atoms with Crippen LogP contribution in [0, 0.1) is 11.8 Å². The van der Waals surface area contributed by atoms with Crippen molar-refractivity contribution in [3.8, 4) is 0 Å². The van der Waals surface area contributed by atoms with E-state index >= 15 is 0 Å². The Labute approximate surface area is 85.2 Å². The maximum Gasteiger partial charge on any atom is 0.308 e. The molecule has 0 aromatic heterocycles. The summed E-state index contributed by atoms with van der Waals surface area (Å²) in [5.41, 5.74) is 0. The van der Waals surface area contributed by atoms with Crippen molar-refractivity contribution >= 4 is 5.97 Å². The molecule has 2 rings (SSSR count). The van der Waals surface area contributed by atoms with Gasteiger partial charge in [-0.15, -0.1) is 0 Å². The molecule has 0 amide bonds. The fourth-order valence-corrected chi connectivity index (χ4v) is 2.78. The zero-order valence-electron chi connectivity index (χ0n) is 8.79. The normalized spacial score (nSPS) is 36.5. The smallest absolute Gasteiger partial charge is 0.308 e. The monoisotopic (exact) mass is 197 g/mol. The predicted molar refractivity (Wildman–Crippen MR) is 53.9 cm³/mol. The van der Waals surface area contributed by atoms with Crippen molar-refractivity contribution in [1.82, 2.24) is 5.32 Å². The first kappa shape index (κ1) is 9.97. The Bertz CT molecular complexity index is 217. The molecule has 3 heteroatoms. The summed E-state index contributed by atoms with van der Waals surface area (Å²) >= 11 is 0. The quantitative estimate of drug-likeness (QED) is 0.679. The van der Waals surface area contributed by atoms with Crippen LogP contribution in [0.3, 0.4) is 0 Å². The highest BCUT2D eigenvalue weighted by molar-refractivity contribution is 5.72. The van der Waals surface area contributed by atoms with Gasteiger partial charge in [-0.1, -0.05) is 0 Å². The van der Waals surface area contributed by atoms with Crippen LogP contribution in [0.2, 0.25) is 0 Å². The average Bonchev–Trinajstić information content (AvgIpc) is 2.64. The fourth-order valence-electron chi connectivity index (χ4n) is 2.78.